The molecule has 1 aromatic carbocycles. The van der Waals surface area contributed by atoms with Crippen LogP contribution in [-0.2, 0) is 6.42 Å². The van der Waals surface area contributed by atoms with Crippen molar-refractivity contribution in [3.05, 3.63) is 35.1 Å². The van der Waals surface area contributed by atoms with Gasteiger partial charge in [0.2, 0.25) is 0 Å². The highest BCUT2D eigenvalue weighted by molar-refractivity contribution is 5.98. The molecule has 0 amide bonds. The number of piperidine rings is 2. The highest BCUT2D eigenvalue weighted by Gasteiger charge is 2.38. The molecule has 3 nitrogen and oxygen atoms in total. The maximum Gasteiger partial charge on any atom is 0.166 e. The van der Waals surface area contributed by atoms with Crippen molar-refractivity contribution in [2.75, 3.05) is 7.05 Å². The van der Waals surface area contributed by atoms with Gasteiger partial charge in [0.05, 0.1) is 12.5 Å². The number of nitrogens with zero attached hydrogens (tertiary/aromatic N) is 2. The molecule has 1 aromatic rings. The Hall–Kier alpha value is -1.73. The molecule has 2 aliphatic heterocycles. The zero-order valence-electron chi connectivity index (χ0n) is 12.9. The minimum Gasteiger partial charge on any atom is -0.300 e. The molecule has 2 unspecified atom stereocenters. The fraction of sp³-hybridized carbons (Fsp3) is 0.556. The van der Waals surface area contributed by atoms with Crippen LogP contribution in [0.15, 0.2) is 18.2 Å². The van der Waals surface area contributed by atoms with Gasteiger partial charge in [0.25, 0.3) is 0 Å². The van der Waals surface area contributed by atoms with E-state index in [9.17, 15) is 9.18 Å². The molecule has 22 heavy (non-hydrogen) atoms. The maximum absolute atomic E-state index is 13.6. The summed E-state index contributed by atoms with van der Waals surface area (Å²) >= 11 is 0. The lowest BCUT2D eigenvalue weighted by molar-refractivity contribution is 0.0338. The van der Waals surface area contributed by atoms with Gasteiger partial charge in [0.1, 0.15) is 5.82 Å². The number of Topliss-reactive ketones (excluding diaryl/α,β-unsaturated/α-hetero) is 1. The summed E-state index contributed by atoms with van der Waals surface area (Å²) in [7, 11) is 2.16. The van der Waals surface area contributed by atoms with E-state index < -0.39 is 5.82 Å². The fourth-order valence-electron chi connectivity index (χ4n) is 4.01. The average molecular weight is 300 g/mol. The molecular formula is C18H21FN2O. The van der Waals surface area contributed by atoms with E-state index in [-0.39, 0.29) is 18.1 Å². The van der Waals surface area contributed by atoms with Crippen molar-refractivity contribution in [3.8, 4) is 6.07 Å². The van der Waals surface area contributed by atoms with Crippen molar-refractivity contribution in [2.45, 2.75) is 50.6 Å². The summed E-state index contributed by atoms with van der Waals surface area (Å²) in [6, 6.07) is 7.39. The van der Waals surface area contributed by atoms with Crippen molar-refractivity contribution in [1.82, 2.24) is 4.90 Å². The number of hydrogen-bond acceptors (Lipinski definition) is 3. The first kappa shape index (κ1) is 15.2. The van der Waals surface area contributed by atoms with Crippen LogP contribution in [0.3, 0.4) is 0 Å². The molecule has 2 heterocycles. The first-order valence-corrected chi connectivity index (χ1v) is 8.01. The zero-order valence-corrected chi connectivity index (χ0v) is 12.9. The van der Waals surface area contributed by atoms with Gasteiger partial charge in [-0.15, -0.1) is 0 Å². The molecule has 2 saturated heterocycles. The lowest BCUT2D eigenvalue weighted by atomic mass is 9.76. The number of nitriles is 1. The summed E-state index contributed by atoms with van der Waals surface area (Å²) in [5.74, 6) is -0.255. The van der Waals surface area contributed by atoms with Crippen LogP contribution in [0.5, 0.6) is 0 Å². The SMILES string of the molecule is CN1C2CCCC1CC(C(=O)c1ccc(F)c(CC#N)c1)C2. The minimum absolute atomic E-state index is 0.00556. The summed E-state index contributed by atoms with van der Waals surface area (Å²) in [5, 5.41) is 8.75. The molecular weight excluding hydrogens is 279 g/mol. The largest absolute Gasteiger partial charge is 0.300 e. The molecule has 3 rings (SSSR count). The van der Waals surface area contributed by atoms with E-state index >= 15 is 0 Å². The number of ketones is 1. The highest BCUT2D eigenvalue weighted by atomic mass is 19.1. The topological polar surface area (TPSA) is 44.1 Å². The number of carbonyl (C=O) groups excluding carboxylic acids is 1. The van der Waals surface area contributed by atoms with Gasteiger partial charge in [0, 0.05) is 29.1 Å². The average Bonchev–Trinajstić information content (AvgIpc) is 2.49. The predicted octanol–water partition coefficient (Wildman–Crippen LogP) is 3.34. The summed E-state index contributed by atoms with van der Waals surface area (Å²) in [4.78, 5) is 15.2. The smallest absolute Gasteiger partial charge is 0.166 e. The van der Waals surface area contributed by atoms with Gasteiger partial charge in [-0.05, 0) is 50.9 Å². The van der Waals surface area contributed by atoms with E-state index in [1.165, 1.54) is 25.3 Å². The zero-order chi connectivity index (χ0) is 15.7. The minimum atomic E-state index is -0.404. The third-order valence-corrected chi connectivity index (χ3v) is 5.31. The fourth-order valence-corrected chi connectivity index (χ4v) is 4.01. The van der Waals surface area contributed by atoms with Gasteiger partial charge in [-0.1, -0.05) is 6.42 Å². The van der Waals surface area contributed by atoms with Gasteiger partial charge in [-0.3, -0.25) is 4.79 Å². The van der Waals surface area contributed by atoms with E-state index in [1.54, 1.807) is 12.1 Å². The number of benzene rings is 1. The van der Waals surface area contributed by atoms with E-state index in [0.717, 1.165) is 12.8 Å². The van der Waals surface area contributed by atoms with E-state index in [0.29, 0.717) is 23.2 Å². The number of hydrogen-bond donors (Lipinski definition) is 0. The Balaban J connectivity index is 1.80. The van der Waals surface area contributed by atoms with E-state index in [4.69, 9.17) is 5.26 Å². The van der Waals surface area contributed by atoms with Gasteiger partial charge < -0.3 is 4.90 Å². The third-order valence-electron chi connectivity index (χ3n) is 5.31. The summed E-state index contributed by atoms with van der Waals surface area (Å²) in [5.41, 5.74) is 0.876. The van der Waals surface area contributed by atoms with Gasteiger partial charge in [-0.25, -0.2) is 4.39 Å². The van der Waals surface area contributed by atoms with Crippen molar-refractivity contribution in [1.29, 1.82) is 5.26 Å². The Bertz CT molecular complexity index is 608. The van der Waals surface area contributed by atoms with Crippen LogP contribution in [0.1, 0.15) is 48.0 Å². The molecule has 0 aliphatic carbocycles. The van der Waals surface area contributed by atoms with Crippen LogP contribution in [0.4, 0.5) is 4.39 Å². The van der Waals surface area contributed by atoms with Gasteiger partial charge in [0.15, 0.2) is 5.78 Å². The van der Waals surface area contributed by atoms with Crippen LogP contribution in [0, 0.1) is 23.1 Å². The lowest BCUT2D eigenvalue weighted by Crippen LogP contribution is -2.51. The second-order valence-electron chi connectivity index (χ2n) is 6.58. The summed E-state index contributed by atoms with van der Waals surface area (Å²) in [6.07, 6.45) is 5.39. The maximum atomic E-state index is 13.6. The highest BCUT2D eigenvalue weighted by Crippen LogP contribution is 2.37. The van der Waals surface area contributed by atoms with Gasteiger partial charge in [-0.2, -0.15) is 5.26 Å². The number of rotatable bonds is 3. The van der Waals surface area contributed by atoms with E-state index in [2.05, 4.69) is 11.9 Å². The first-order chi connectivity index (χ1) is 10.6. The van der Waals surface area contributed by atoms with Crippen molar-refractivity contribution < 1.29 is 9.18 Å². The monoisotopic (exact) mass is 300 g/mol. The third kappa shape index (κ3) is 2.78. The molecule has 4 heteroatoms. The molecule has 0 radical (unpaired) electrons. The van der Waals surface area contributed by atoms with Crippen LogP contribution >= 0.6 is 0 Å². The van der Waals surface area contributed by atoms with Crippen LogP contribution in [0.25, 0.3) is 0 Å². The van der Waals surface area contributed by atoms with Crippen LogP contribution in [-0.4, -0.2) is 29.8 Å². The molecule has 116 valence electrons. The second kappa shape index (κ2) is 6.18. The van der Waals surface area contributed by atoms with Gasteiger partial charge >= 0.3 is 0 Å². The summed E-state index contributed by atoms with van der Waals surface area (Å²) in [6.45, 7) is 0. The van der Waals surface area contributed by atoms with Crippen molar-refractivity contribution >= 4 is 5.78 Å². The Morgan fingerprint density at radius 1 is 1.36 bits per heavy atom. The predicted molar refractivity (Wildman–Crippen MR) is 82.0 cm³/mol. The Kier molecular flexibility index (Phi) is 4.26. The van der Waals surface area contributed by atoms with Crippen molar-refractivity contribution in [3.63, 3.8) is 0 Å². The molecule has 0 saturated carbocycles. The molecule has 0 N–H and O–H groups in total. The van der Waals surface area contributed by atoms with E-state index in [1.807, 2.05) is 6.07 Å². The second-order valence-corrected chi connectivity index (χ2v) is 6.58. The molecule has 2 atom stereocenters. The summed E-state index contributed by atoms with van der Waals surface area (Å²) < 4.78 is 13.6. The number of fused-ring (bicyclic) bond motifs is 2. The van der Waals surface area contributed by atoms with Crippen LogP contribution < -0.4 is 0 Å². The quantitative estimate of drug-likeness (QED) is 0.804. The number of carbonyl (C=O) groups is 1. The molecule has 2 fully saturated rings. The van der Waals surface area contributed by atoms with Crippen LogP contribution in [0.2, 0.25) is 0 Å². The molecule has 2 bridgehead atoms. The Labute approximate surface area is 130 Å². The molecule has 2 aliphatic rings. The Morgan fingerprint density at radius 2 is 2.05 bits per heavy atom. The molecule has 0 spiro atoms. The standard InChI is InChI=1S/C18H21FN2O/c1-21-15-3-2-4-16(21)11-14(10-15)18(22)13-5-6-17(19)12(9-13)7-8-20/h5-6,9,14-16H,2-4,7,10-11H2,1H3. The number of halogens is 1. The molecule has 0 aromatic heterocycles. The van der Waals surface area contributed by atoms with Crippen molar-refractivity contribution in [2.24, 2.45) is 5.92 Å². The normalized spacial score (nSPS) is 28.1. The lowest BCUT2D eigenvalue weighted by Gasteiger charge is -2.46. The first-order valence-electron chi connectivity index (χ1n) is 8.01. The Morgan fingerprint density at radius 3 is 2.68 bits per heavy atom.